The first-order valence-electron chi connectivity index (χ1n) is 8.49. The van der Waals surface area contributed by atoms with Gasteiger partial charge in [0.05, 0.1) is 26.2 Å². The highest BCUT2D eigenvalue weighted by molar-refractivity contribution is 6.31. The molecule has 134 valence electrons. The minimum atomic E-state index is -0.161. The molecule has 0 unspecified atom stereocenters. The summed E-state index contributed by atoms with van der Waals surface area (Å²) in [4.78, 5) is 13.9. The molecule has 0 radical (unpaired) electrons. The van der Waals surface area contributed by atoms with Gasteiger partial charge in [0, 0.05) is 17.5 Å². The second kappa shape index (κ2) is 9.44. The standard InChI is InChI=1S/C20H25ClN2O2/c1-15(13-23(2)3)12-22-20(24)18-11-17(21)9-10-19(18)25-14-16-7-5-4-6-8-16/h4-11,15H,12-14H2,1-3H3,(H,22,24)/p+1/t15-/m0/s1. The maximum atomic E-state index is 12.6. The zero-order valence-corrected chi connectivity index (χ0v) is 15.8. The Morgan fingerprint density at radius 1 is 1.20 bits per heavy atom. The van der Waals surface area contributed by atoms with Gasteiger partial charge in [0.1, 0.15) is 12.4 Å². The van der Waals surface area contributed by atoms with Crippen molar-refractivity contribution in [3.8, 4) is 5.75 Å². The normalized spacial score (nSPS) is 12.0. The summed E-state index contributed by atoms with van der Waals surface area (Å²) in [5.41, 5.74) is 1.51. The van der Waals surface area contributed by atoms with E-state index in [4.69, 9.17) is 16.3 Å². The summed E-state index contributed by atoms with van der Waals surface area (Å²) in [6.45, 7) is 4.14. The maximum Gasteiger partial charge on any atom is 0.255 e. The molecule has 0 bridgehead atoms. The van der Waals surface area contributed by atoms with Crippen LogP contribution in [0, 0.1) is 5.92 Å². The molecule has 0 heterocycles. The number of carbonyl (C=O) groups is 1. The van der Waals surface area contributed by atoms with Crippen molar-refractivity contribution < 1.29 is 14.4 Å². The van der Waals surface area contributed by atoms with E-state index in [9.17, 15) is 4.79 Å². The number of ether oxygens (including phenoxy) is 1. The molecule has 2 N–H and O–H groups in total. The summed E-state index contributed by atoms with van der Waals surface area (Å²) in [5.74, 6) is 0.768. The fraction of sp³-hybridized carbons (Fsp3) is 0.350. The summed E-state index contributed by atoms with van der Waals surface area (Å²) in [7, 11) is 4.20. The van der Waals surface area contributed by atoms with E-state index in [1.165, 1.54) is 4.90 Å². The SMILES string of the molecule is C[C@@H](CNC(=O)c1cc(Cl)ccc1OCc1ccccc1)C[NH+](C)C. The molecule has 1 atom stereocenters. The first kappa shape index (κ1) is 19.3. The monoisotopic (exact) mass is 361 g/mol. The molecule has 0 aliphatic carbocycles. The van der Waals surface area contributed by atoms with E-state index in [0.29, 0.717) is 35.4 Å². The number of rotatable bonds is 8. The fourth-order valence-electron chi connectivity index (χ4n) is 2.67. The topological polar surface area (TPSA) is 42.8 Å². The van der Waals surface area contributed by atoms with Gasteiger partial charge in [-0.15, -0.1) is 0 Å². The molecule has 1 amide bonds. The highest BCUT2D eigenvalue weighted by atomic mass is 35.5. The number of carbonyl (C=O) groups excluding carboxylic acids is 1. The van der Waals surface area contributed by atoms with Crippen LogP contribution in [-0.4, -0.2) is 33.1 Å². The van der Waals surface area contributed by atoms with Gasteiger partial charge in [-0.2, -0.15) is 0 Å². The van der Waals surface area contributed by atoms with E-state index in [0.717, 1.165) is 12.1 Å². The highest BCUT2D eigenvalue weighted by Crippen LogP contribution is 2.24. The quantitative estimate of drug-likeness (QED) is 0.758. The van der Waals surface area contributed by atoms with Crippen molar-refractivity contribution in [1.82, 2.24) is 5.32 Å². The third-order valence-corrected chi connectivity index (χ3v) is 4.03. The van der Waals surface area contributed by atoms with Crippen LogP contribution in [0.5, 0.6) is 5.75 Å². The van der Waals surface area contributed by atoms with E-state index in [2.05, 4.69) is 26.3 Å². The van der Waals surface area contributed by atoms with Crippen molar-refractivity contribution in [3.05, 3.63) is 64.7 Å². The number of hydrogen-bond donors (Lipinski definition) is 2. The van der Waals surface area contributed by atoms with Gasteiger partial charge in [0.25, 0.3) is 5.91 Å². The van der Waals surface area contributed by atoms with Crippen LogP contribution in [0.1, 0.15) is 22.8 Å². The number of nitrogens with one attached hydrogen (secondary N) is 2. The van der Waals surface area contributed by atoms with Crippen LogP contribution in [0.15, 0.2) is 48.5 Å². The van der Waals surface area contributed by atoms with Gasteiger partial charge in [-0.1, -0.05) is 48.9 Å². The molecule has 4 nitrogen and oxygen atoms in total. The molecule has 0 aliphatic rings. The number of amides is 1. The minimum absolute atomic E-state index is 0.161. The third kappa shape index (κ3) is 6.40. The Labute approximate surface area is 154 Å². The van der Waals surface area contributed by atoms with Crippen LogP contribution >= 0.6 is 11.6 Å². The van der Waals surface area contributed by atoms with Crippen LogP contribution in [0.2, 0.25) is 5.02 Å². The van der Waals surface area contributed by atoms with Crippen molar-refractivity contribution in [3.63, 3.8) is 0 Å². The molecule has 0 spiro atoms. The second-order valence-electron chi connectivity index (χ2n) is 6.64. The number of halogens is 1. The Balaban J connectivity index is 2.03. The number of benzene rings is 2. The average Bonchev–Trinajstić information content (AvgIpc) is 2.59. The van der Waals surface area contributed by atoms with Crippen LogP contribution in [-0.2, 0) is 6.61 Å². The Hall–Kier alpha value is -2.04. The second-order valence-corrected chi connectivity index (χ2v) is 7.08. The van der Waals surface area contributed by atoms with E-state index in [1.807, 2.05) is 30.3 Å². The zero-order valence-electron chi connectivity index (χ0n) is 15.0. The Morgan fingerprint density at radius 3 is 2.60 bits per heavy atom. The molecule has 0 fully saturated rings. The molecular formula is C20H26ClN2O2+. The third-order valence-electron chi connectivity index (χ3n) is 3.79. The fourth-order valence-corrected chi connectivity index (χ4v) is 2.84. The minimum Gasteiger partial charge on any atom is -0.488 e. The Bertz CT molecular complexity index is 689. The molecule has 25 heavy (non-hydrogen) atoms. The van der Waals surface area contributed by atoms with Gasteiger partial charge in [-0.3, -0.25) is 4.79 Å². The van der Waals surface area contributed by atoms with Gasteiger partial charge >= 0.3 is 0 Å². The van der Waals surface area contributed by atoms with Crippen molar-refractivity contribution >= 4 is 17.5 Å². The molecule has 0 saturated carbocycles. The average molecular weight is 362 g/mol. The van der Waals surface area contributed by atoms with Crippen LogP contribution in [0.3, 0.4) is 0 Å². The lowest BCUT2D eigenvalue weighted by atomic mass is 10.1. The first-order chi connectivity index (χ1) is 12.0. The first-order valence-corrected chi connectivity index (χ1v) is 8.87. The van der Waals surface area contributed by atoms with E-state index >= 15 is 0 Å². The van der Waals surface area contributed by atoms with Gasteiger partial charge in [-0.25, -0.2) is 0 Å². The number of hydrogen-bond acceptors (Lipinski definition) is 2. The zero-order chi connectivity index (χ0) is 18.2. The Kier molecular flexibility index (Phi) is 7.29. The molecule has 2 aromatic rings. The molecule has 0 aliphatic heterocycles. The summed E-state index contributed by atoms with van der Waals surface area (Å²) in [6, 6.07) is 15.0. The van der Waals surface area contributed by atoms with Gasteiger partial charge in [-0.05, 0) is 23.8 Å². The van der Waals surface area contributed by atoms with Gasteiger partial charge in [0.2, 0.25) is 0 Å². The van der Waals surface area contributed by atoms with Crippen LogP contribution in [0.25, 0.3) is 0 Å². The lowest BCUT2D eigenvalue weighted by Gasteiger charge is -2.16. The molecule has 2 aromatic carbocycles. The van der Waals surface area contributed by atoms with Crippen molar-refractivity contribution in [2.45, 2.75) is 13.5 Å². The van der Waals surface area contributed by atoms with Crippen molar-refractivity contribution in [2.24, 2.45) is 5.92 Å². The molecule has 2 rings (SSSR count). The van der Waals surface area contributed by atoms with E-state index in [-0.39, 0.29) is 5.91 Å². The molecule has 5 heteroatoms. The molecule has 0 saturated heterocycles. The van der Waals surface area contributed by atoms with Gasteiger partial charge < -0.3 is 15.0 Å². The van der Waals surface area contributed by atoms with Gasteiger partial charge in [0.15, 0.2) is 0 Å². The lowest BCUT2D eigenvalue weighted by molar-refractivity contribution is -0.861. The highest BCUT2D eigenvalue weighted by Gasteiger charge is 2.15. The van der Waals surface area contributed by atoms with Crippen LogP contribution < -0.4 is 15.0 Å². The summed E-state index contributed by atoms with van der Waals surface area (Å²) >= 11 is 6.07. The Morgan fingerprint density at radius 2 is 1.92 bits per heavy atom. The predicted octanol–water partition coefficient (Wildman–Crippen LogP) is 2.43. The lowest BCUT2D eigenvalue weighted by Crippen LogP contribution is -3.06. The van der Waals surface area contributed by atoms with E-state index in [1.54, 1.807) is 18.2 Å². The summed E-state index contributed by atoms with van der Waals surface area (Å²) in [5, 5.41) is 3.50. The summed E-state index contributed by atoms with van der Waals surface area (Å²) < 4.78 is 5.85. The predicted molar refractivity (Wildman–Crippen MR) is 101 cm³/mol. The summed E-state index contributed by atoms with van der Waals surface area (Å²) in [6.07, 6.45) is 0. The van der Waals surface area contributed by atoms with Crippen molar-refractivity contribution in [1.29, 1.82) is 0 Å². The van der Waals surface area contributed by atoms with Crippen molar-refractivity contribution in [2.75, 3.05) is 27.2 Å². The number of quaternary nitrogens is 1. The molecule has 0 aromatic heterocycles. The largest absolute Gasteiger partial charge is 0.488 e. The van der Waals surface area contributed by atoms with Crippen LogP contribution in [0.4, 0.5) is 0 Å². The van der Waals surface area contributed by atoms with E-state index < -0.39 is 0 Å². The smallest absolute Gasteiger partial charge is 0.255 e. The maximum absolute atomic E-state index is 12.6. The molecular weight excluding hydrogens is 336 g/mol.